The Labute approximate surface area is 114 Å². The maximum Gasteiger partial charge on any atom is 0.0289 e. The van der Waals surface area contributed by atoms with Crippen LogP contribution in [0.4, 0.5) is 0 Å². The highest BCUT2D eigenvalue weighted by molar-refractivity contribution is 7.98. The number of benzene rings is 2. The average molecular weight is 257 g/mol. The summed E-state index contributed by atoms with van der Waals surface area (Å²) in [6, 6.07) is 19.8. The first-order valence-corrected chi connectivity index (χ1v) is 7.22. The number of nitrogens with one attached hydrogen (secondary N) is 1. The standard InChI is InChI=1S/C16H19NS/c1-13(17-2)15-8-10-16(11-9-15)18-12-14-6-4-3-5-7-14/h3-11,13,17H,12H2,1-2H3. The average Bonchev–Trinajstić information content (AvgIpc) is 2.46. The molecule has 0 fully saturated rings. The minimum Gasteiger partial charge on any atom is -0.313 e. The molecule has 0 aliphatic carbocycles. The minimum absolute atomic E-state index is 0.415. The second-order valence-corrected chi connectivity index (χ2v) is 5.40. The third-order valence-electron chi connectivity index (χ3n) is 3.06. The highest BCUT2D eigenvalue weighted by Crippen LogP contribution is 2.24. The molecule has 0 spiro atoms. The third-order valence-corrected chi connectivity index (χ3v) is 4.14. The molecule has 0 amide bonds. The second kappa shape index (κ2) is 6.62. The van der Waals surface area contributed by atoms with Crippen LogP contribution in [0, 0.1) is 0 Å². The molecule has 1 N–H and O–H groups in total. The Morgan fingerprint density at radius 2 is 1.67 bits per heavy atom. The Balaban J connectivity index is 1.94. The van der Waals surface area contributed by atoms with Crippen LogP contribution in [0.1, 0.15) is 24.1 Å². The van der Waals surface area contributed by atoms with Gasteiger partial charge in [-0.1, -0.05) is 42.5 Å². The van der Waals surface area contributed by atoms with Crippen molar-refractivity contribution in [1.82, 2.24) is 5.32 Å². The summed E-state index contributed by atoms with van der Waals surface area (Å²) in [7, 11) is 1.99. The summed E-state index contributed by atoms with van der Waals surface area (Å²) in [5.74, 6) is 1.03. The van der Waals surface area contributed by atoms with Gasteiger partial charge in [0.2, 0.25) is 0 Å². The first kappa shape index (κ1) is 13.2. The van der Waals surface area contributed by atoms with Crippen LogP contribution in [0.25, 0.3) is 0 Å². The molecule has 94 valence electrons. The zero-order valence-corrected chi connectivity index (χ0v) is 11.7. The summed E-state index contributed by atoms with van der Waals surface area (Å²) in [4.78, 5) is 1.32. The molecule has 0 aliphatic heterocycles. The van der Waals surface area contributed by atoms with Crippen molar-refractivity contribution in [1.29, 1.82) is 0 Å². The van der Waals surface area contributed by atoms with Crippen molar-refractivity contribution in [2.75, 3.05) is 7.05 Å². The van der Waals surface area contributed by atoms with E-state index in [9.17, 15) is 0 Å². The highest BCUT2D eigenvalue weighted by Gasteiger charge is 2.02. The lowest BCUT2D eigenvalue weighted by Gasteiger charge is -2.11. The molecule has 0 aromatic heterocycles. The number of hydrogen-bond acceptors (Lipinski definition) is 2. The van der Waals surface area contributed by atoms with Crippen molar-refractivity contribution >= 4 is 11.8 Å². The molecule has 2 aromatic carbocycles. The fourth-order valence-electron chi connectivity index (χ4n) is 1.76. The molecule has 2 aromatic rings. The van der Waals surface area contributed by atoms with Crippen LogP contribution in [0.3, 0.4) is 0 Å². The summed E-state index contributed by atoms with van der Waals surface area (Å²) >= 11 is 1.88. The van der Waals surface area contributed by atoms with Crippen LogP contribution in [0.15, 0.2) is 59.5 Å². The summed E-state index contributed by atoms with van der Waals surface area (Å²) in [6.07, 6.45) is 0. The normalized spacial score (nSPS) is 12.3. The molecular formula is C16H19NS. The van der Waals surface area contributed by atoms with Crippen molar-refractivity contribution in [2.24, 2.45) is 0 Å². The molecule has 18 heavy (non-hydrogen) atoms. The molecular weight excluding hydrogens is 238 g/mol. The molecule has 0 bridgehead atoms. The Hall–Kier alpha value is -1.25. The quantitative estimate of drug-likeness (QED) is 0.803. The summed E-state index contributed by atoms with van der Waals surface area (Å²) in [5.41, 5.74) is 2.71. The Morgan fingerprint density at radius 3 is 2.28 bits per heavy atom. The molecule has 1 unspecified atom stereocenters. The van der Waals surface area contributed by atoms with Gasteiger partial charge in [0.1, 0.15) is 0 Å². The molecule has 0 aliphatic rings. The summed E-state index contributed by atoms with van der Waals surface area (Å²) in [6.45, 7) is 2.17. The molecule has 0 saturated carbocycles. The lowest BCUT2D eigenvalue weighted by molar-refractivity contribution is 0.652. The summed E-state index contributed by atoms with van der Waals surface area (Å²) in [5, 5.41) is 3.25. The van der Waals surface area contributed by atoms with Gasteiger partial charge in [-0.2, -0.15) is 0 Å². The second-order valence-electron chi connectivity index (χ2n) is 4.35. The maximum absolute atomic E-state index is 3.25. The van der Waals surface area contributed by atoms with Gasteiger partial charge in [0, 0.05) is 16.7 Å². The number of hydrogen-bond donors (Lipinski definition) is 1. The molecule has 1 atom stereocenters. The van der Waals surface area contributed by atoms with Crippen LogP contribution in [-0.2, 0) is 5.75 Å². The van der Waals surface area contributed by atoms with Gasteiger partial charge in [-0.05, 0) is 37.2 Å². The fourth-order valence-corrected chi connectivity index (χ4v) is 2.61. The lowest BCUT2D eigenvalue weighted by atomic mass is 10.1. The molecule has 2 heteroatoms. The van der Waals surface area contributed by atoms with Crippen LogP contribution in [-0.4, -0.2) is 7.05 Å². The van der Waals surface area contributed by atoms with E-state index >= 15 is 0 Å². The van der Waals surface area contributed by atoms with Gasteiger partial charge >= 0.3 is 0 Å². The number of thioether (sulfide) groups is 1. The SMILES string of the molecule is CNC(C)c1ccc(SCc2ccccc2)cc1. The first-order chi connectivity index (χ1) is 8.79. The van der Waals surface area contributed by atoms with E-state index in [1.54, 1.807) is 0 Å². The summed E-state index contributed by atoms with van der Waals surface area (Å²) < 4.78 is 0. The van der Waals surface area contributed by atoms with Gasteiger partial charge in [0.15, 0.2) is 0 Å². The largest absolute Gasteiger partial charge is 0.313 e. The predicted molar refractivity (Wildman–Crippen MR) is 79.9 cm³/mol. The Morgan fingerprint density at radius 1 is 1.00 bits per heavy atom. The predicted octanol–water partition coefficient (Wildman–Crippen LogP) is 4.26. The van der Waals surface area contributed by atoms with Crippen LogP contribution >= 0.6 is 11.8 Å². The van der Waals surface area contributed by atoms with Crippen molar-refractivity contribution in [3.63, 3.8) is 0 Å². The molecule has 0 saturated heterocycles. The van der Waals surface area contributed by atoms with E-state index in [2.05, 4.69) is 66.8 Å². The number of rotatable bonds is 5. The van der Waals surface area contributed by atoms with E-state index in [1.807, 2.05) is 18.8 Å². The Bertz CT molecular complexity index is 464. The van der Waals surface area contributed by atoms with Crippen LogP contribution in [0.5, 0.6) is 0 Å². The van der Waals surface area contributed by atoms with Crippen molar-refractivity contribution in [3.05, 3.63) is 65.7 Å². The van der Waals surface area contributed by atoms with Gasteiger partial charge in [-0.3, -0.25) is 0 Å². The van der Waals surface area contributed by atoms with Crippen molar-refractivity contribution in [3.8, 4) is 0 Å². The van der Waals surface area contributed by atoms with Gasteiger partial charge < -0.3 is 5.32 Å². The maximum atomic E-state index is 3.25. The Kier molecular flexibility index (Phi) is 4.85. The first-order valence-electron chi connectivity index (χ1n) is 6.23. The molecule has 0 radical (unpaired) electrons. The minimum atomic E-state index is 0.415. The van der Waals surface area contributed by atoms with Gasteiger partial charge in [-0.25, -0.2) is 0 Å². The molecule has 2 rings (SSSR count). The monoisotopic (exact) mass is 257 g/mol. The van der Waals surface area contributed by atoms with Gasteiger partial charge in [0.25, 0.3) is 0 Å². The van der Waals surface area contributed by atoms with Crippen molar-refractivity contribution < 1.29 is 0 Å². The van der Waals surface area contributed by atoms with Crippen LogP contribution < -0.4 is 5.32 Å². The van der Waals surface area contributed by atoms with E-state index in [0.29, 0.717) is 6.04 Å². The molecule has 0 heterocycles. The van der Waals surface area contributed by atoms with E-state index < -0.39 is 0 Å². The zero-order chi connectivity index (χ0) is 12.8. The molecule has 1 nitrogen and oxygen atoms in total. The van der Waals surface area contributed by atoms with Crippen molar-refractivity contribution in [2.45, 2.75) is 23.6 Å². The fraction of sp³-hybridized carbons (Fsp3) is 0.250. The lowest BCUT2D eigenvalue weighted by Crippen LogP contribution is -2.11. The topological polar surface area (TPSA) is 12.0 Å². The zero-order valence-electron chi connectivity index (χ0n) is 10.9. The van der Waals surface area contributed by atoms with E-state index in [4.69, 9.17) is 0 Å². The smallest absolute Gasteiger partial charge is 0.0289 e. The van der Waals surface area contributed by atoms with Gasteiger partial charge in [0.05, 0.1) is 0 Å². The highest BCUT2D eigenvalue weighted by atomic mass is 32.2. The van der Waals surface area contributed by atoms with Crippen LogP contribution in [0.2, 0.25) is 0 Å². The van der Waals surface area contributed by atoms with E-state index in [1.165, 1.54) is 16.0 Å². The van der Waals surface area contributed by atoms with E-state index in [0.717, 1.165) is 5.75 Å². The van der Waals surface area contributed by atoms with Gasteiger partial charge in [-0.15, -0.1) is 11.8 Å². The third kappa shape index (κ3) is 3.62. The van der Waals surface area contributed by atoms with E-state index in [-0.39, 0.29) is 0 Å².